The minimum atomic E-state index is -0.693. The van der Waals surface area contributed by atoms with E-state index in [4.69, 9.17) is 30.9 Å². The molecule has 1 atom stereocenters. The molecule has 1 aliphatic rings. The standard InChI is InChI=1S/C25H26FN7O2/c1-25(12-27)13-34-24(35-14-25)23-32-20(15-4-6-17(26)7-5-15)21(33-23)18-8-10-30-22(31-18)19(28)16-3-2-9-29-11-16/h2-11,19,24H,12-14,27-28H2,1H3,(H,32,33). The van der Waals surface area contributed by atoms with Crippen LogP contribution in [0.5, 0.6) is 0 Å². The van der Waals surface area contributed by atoms with Gasteiger partial charge in [-0.1, -0.05) is 13.0 Å². The van der Waals surface area contributed by atoms with Crippen molar-refractivity contribution in [3.05, 3.63) is 84.1 Å². The average Bonchev–Trinajstić information content (AvgIpc) is 3.35. The molecule has 5 rings (SSSR count). The van der Waals surface area contributed by atoms with E-state index in [9.17, 15) is 4.39 Å². The fraction of sp³-hybridized carbons (Fsp3) is 0.280. The lowest BCUT2D eigenvalue weighted by Crippen LogP contribution is -2.42. The predicted octanol–water partition coefficient (Wildman–Crippen LogP) is 3.13. The number of rotatable bonds is 6. The maximum atomic E-state index is 13.6. The van der Waals surface area contributed by atoms with Gasteiger partial charge in [0.25, 0.3) is 0 Å². The van der Waals surface area contributed by atoms with E-state index in [2.05, 4.69) is 15.0 Å². The van der Waals surface area contributed by atoms with Crippen molar-refractivity contribution in [2.75, 3.05) is 19.8 Å². The second-order valence-corrected chi connectivity index (χ2v) is 8.89. The number of aromatic amines is 1. The first-order valence-electron chi connectivity index (χ1n) is 11.2. The molecule has 180 valence electrons. The van der Waals surface area contributed by atoms with Gasteiger partial charge in [0.15, 0.2) is 5.82 Å². The summed E-state index contributed by atoms with van der Waals surface area (Å²) in [4.78, 5) is 21.3. The molecule has 3 aromatic heterocycles. The highest BCUT2D eigenvalue weighted by Gasteiger charge is 2.34. The molecule has 0 spiro atoms. The number of nitrogens with two attached hydrogens (primary N) is 2. The number of halogens is 1. The van der Waals surface area contributed by atoms with Crippen molar-refractivity contribution in [1.82, 2.24) is 24.9 Å². The van der Waals surface area contributed by atoms with Crippen molar-refractivity contribution in [2.45, 2.75) is 19.3 Å². The van der Waals surface area contributed by atoms with E-state index in [1.165, 1.54) is 12.1 Å². The molecule has 0 amide bonds. The highest BCUT2D eigenvalue weighted by molar-refractivity contribution is 5.76. The fourth-order valence-electron chi connectivity index (χ4n) is 3.80. The minimum Gasteiger partial charge on any atom is -0.345 e. The Bertz CT molecular complexity index is 1290. The number of hydrogen-bond acceptors (Lipinski definition) is 8. The lowest BCUT2D eigenvalue weighted by molar-refractivity contribution is -0.231. The van der Waals surface area contributed by atoms with Crippen LogP contribution in [0.3, 0.4) is 0 Å². The molecule has 0 bridgehead atoms. The topological polar surface area (TPSA) is 138 Å². The van der Waals surface area contributed by atoms with E-state index in [-0.39, 0.29) is 11.2 Å². The Morgan fingerprint density at radius 1 is 1.11 bits per heavy atom. The zero-order chi connectivity index (χ0) is 24.4. The number of nitrogens with one attached hydrogen (secondary N) is 1. The largest absolute Gasteiger partial charge is 0.345 e. The van der Waals surface area contributed by atoms with Crippen LogP contribution in [-0.2, 0) is 9.47 Å². The summed E-state index contributed by atoms with van der Waals surface area (Å²) in [5.74, 6) is 0.577. The Morgan fingerprint density at radius 3 is 2.57 bits per heavy atom. The van der Waals surface area contributed by atoms with E-state index < -0.39 is 12.3 Å². The third-order valence-corrected chi connectivity index (χ3v) is 5.97. The molecule has 4 heterocycles. The Balaban J connectivity index is 1.53. The summed E-state index contributed by atoms with van der Waals surface area (Å²) in [6, 6.07) is 11.0. The van der Waals surface area contributed by atoms with Crippen molar-refractivity contribution in [3.8, 4) is 22.6 Å². The Labute approximate surface area is 201 Å². The van der Waals surface area contributed by atoms with Crippen molar-refractivity contribution in [1.29, 1.82) is 0 Å². The van der Waals surface area contributed by atoms with Crippen LogP contribution in [-0.4, -0.2) is 44.7 Å². The van der Waals surface area contributed by atoms with Gasteiger partial charge in [0.05, 0.1) is 36.3 Å². The van der Waals surface area contributed by atoms with Gasteiger partial charge in [-0.25, -0.2) is 19.3 Å². The number of hydrogen-bond donors (Lipinski definition) is 3. The zero-order valence-corrected chi connectivity index (χ0v) is 19.2. The van der Waals surface area contributed by atoms with E-state index in [0.29, 0.717) is 54.1 Å². The molecule has 35 heavy (non-hydrogen) atoms. The molecule has 1 saturated heterocycles. The quantitative estimate of drug-likeness (QED) is 0.387. The van der Waals surface area contributed by atoms with E-state index >= 15 is 0 Å². The summed E-state index contributed by atoms with van der Waals surface area (Å²) in [5.41, 5.74) is 15.3. The highest BCUT2D eigenvalue weighted by atomic mass is 19.1. The van der Waals surface area contributed by atoms with Crippen LogP contribution in [0.4, 0.5) is 4.39 Å². The first kappa shape index (κ1) is 23.2. The van der Waals surface area contributed by atoms with Crippen molar-refractivity contribution < 1.29 is 13.9 Å². The molecule has 1 aliphatic heterocycles. The molecule has 1 fully saturated rings. The normalized spacial score (nSPS) is 21.1. The molecule has 10 heteroatoms. The lowest BCUT2D eigenvalue weighted by Gasteiger charge is -2.35. The highest BCUT2D eigenvalue weighted by Crippen LogP contribution is 2.35. The number of nitrogens with zero attached hydrogens (tertiary/aromatic N) is 4. The third kappa shape index (κ3) is 4.82. The van der Waals surface area contributed by atoms with Gasteiger partial charge in [0.2, 0.25) is 6.29 Å². The number of H-pyrrole nitrogens is 1. The Morgan fingerprint density at radius 2 is 1.89 bits per heavy atom. The maximum absolute atomic E-state index is 13.6. The maximum Gasteiger partial charge on any atom is 0.217 e. The first-order chi connectivity index (χ1) is 17.0. The van der Waals surface area contributed by atoms with Gasteiger partial charge in [-0.15, -0.1) is 0 Å². The van der Waals surface area contributed by atoms with Crippen LogP contribution in [0.2, 0.25) is 0 Å². The predicted molar refractivity (Wildman–Crippen MR) is 127 cm³/mol. The Hall–Kier alpha value is -3.57. The summed E-state index contributed by atoms with van der Waals surface area (Å²) in [6.07, 6.45) is 4.32. The van der Waals surface area contributed by atoms with E-state index in [0.717, 1.165) is 5.56 Å². The van der Waals surface area contributed by atoms with Crippen LogP contribution < -0.4 is 11.5 Å². The van der Waals surface area contributed by atoms with Crippen LogP contribution in [0.25, 0.3) is 22.6 Å². The van der Waals surface area contributed by atoms with Gasteiger partial charge in [-0.2, -0.15) is 0 Å². The number of ether oxygens (including phenoxy) is 2. The molecular weight excluding hydrogens is 449 g/mol. The summed E-state index contributed by atoms with van der Waals surface area (Å²) >= 11 is 0. The first-order valence-corrected chi connectivity index (χ1v) is 11.2. The molecule has 9 nitrogen and oxygen atoms in total. The lowest BCUT2D eigenvalue weighted by atomic mass is 9.93. The van der Waals surface area contributed by atoms with Crippen LogP contribution in [0.1, 0.15) is 36.5 Å². The van der Waals surface area contributed by atoms with Crippen molar-refractivity contribution >= 4 is 0 Å². The molecule has 0 aliphatic carbocycles. The molecule has 0 radical (unpaired) electrons. The Kier molecular flexibility index (Phi) is 6.35. The third-order valence-electron chi connectivity index (χ3n) is 5.97. The minimum absolute atomic E-state index is 0.254. The van der Waals surface area contributed by atoms with Gasteiger partial charge in [0.1, 0.15) is 11.6 Å². The van der Waals surface area contributed by atoms with Gasteiger partial charge >= 0.3 is 0 Å². The number of benzene rings is 1. The fourth-order valence-corrected chi connectivity index (χ4v) is 3.80. The van der Waals surface area contributed by atoms with Gasteiger partial charge in [-0.3, -0.25) is 4.98 Å². The second kappa shape index (κ2) is 9.59. The molecular formula is C25H26FN7O2. The van der Waals surface area contributed by atoms with Crippen molar-refractivity contribution in [2.24, 2.45) is 16.9 Å². The molecule has 4 aromatic rings. The number of imidazole rings is 1. The van der Waals surface area contributed by atoms with Crippen LogP contribution in [0, 0.1) is 11.2 Å². The summed E-state index contributed by atoms with van der Waals surface area (Å²) in [5, 5.41) is 0. The number of aromatic nitrogens is 5. The molecule has 1 unspecified atom stereocenters. The van der Waals surface area contributed by atoms with Gasteiger partial charge < -0.3 is 25.9 Å². The SMILES string of the molecule is CC1(CN)COC(c2nc(-c3ccc(F)cc3)c(-c3ccnc(C(N)c4cccnc4)n3)[nH]2)OC1. The van der Waals surface area contributed by atoms with Gasteiger partial charge in [-0.05, 0) is 42.0 Å². The molecule has 5 N–H and O–H groups in total. The summed E-state index contributed by atoms with van der Waals surface area (Å²) in [7, 11) is 0. The number of pyridine rings is 1. The summed E-state index contributed by atoms with van der Waals surface area (Å²) < 4.78 is 25.5. The average molecular weight is 476 g/mol. The molecule has 0 saturated carbocycles. The molecule has 1 aromatic carbocycles. The smallest absolute Gasteiger partial charge is 0.217 e. The summed E-state index contributed by atoms with van der Waals surface area (Å²) in [6.45, 7) is 3.33. The second-order valence-electron chi connectivity index (χ2n) is 8.89. The van der Waals surface area contributed by atoms with E-state index in [1.807, 2.05) is 19.1 Å². The van der Waals surface area contributed by atoms with Crippen LogP contribution >= 0.6 is 0 Å². The van der Waals surface area contributed by atoms with Gasteiger partial charge in [0, 0.05) is 36.1 Å². The monoisotopic (exact) mass is 475 g/mol. The van der Waals surface area contributed by atoms with E-state index in [1.54, 1.807) is 36.8 Å². The van der Waals surface area contributed by atoms with Crippen LogP contribution in [0.15, 0.2) is 61.1 Å². The zero-order valence-electron chi connectivity index (χ0n) is 19.2. The van der Waals surface area contributed by atoms with Crippen molar-refractivity contribution in [3.63, 3.8) is 0 Å².